The molecular formula is C16H15F3N2S2. The van der Waals surface area contributed by atoms with Gasteiger partial charge in [-0.25, -0.2) is 4.39 Å². The highest BCUT2D eigenvalue weighted by Crippen LogP contribution is 2.26. The van der Waals surface area contributed by atoms with Gasteiger partial charge in [0.1, 0.15) is 5.82 Å². The van der Waals surface area contributed by atoms with Crippen molar-refractivity contribution in [2.75, 3.05) is 12.4 Å². The van der Waals surface area contributed by atoms with Crippen molar-refractivity contribution in [2.45, 2.75) is 17.2 Å². The van der Waals surface area contributed by atoms with Gasteiger partial charge in [0.25, 0.3) is 5.76 Å². The fourth-order valence-corrected chi connectivity index (χ4v) is 2.57. The predicted molar refractivity (Wildman–Crippen MR) is 92.4 cm³/mol. The van der Waals surface area contributed by atoms with Crippen molar-refractivity contribution in [2.24, 2.45) is 0 Å². The van der Waals surface area contributed by atoms with Crippen LogP contribution in [0.2, 0.25) is 0 Å². The van der Waals surface area contributed by atoms with Crippen molar-refractivity contribution < 1.29 is 13.2 Å². The van der Waals surface area contributed by atoms with Crippen molar-refractivity contribution in [1.29, 1.82) is 0 Å². The van der Waals surface area contributed by atoms with E-state index in [1.165, 1.54) is 6.07 Å². The summed E-state index contributed by atoms with van der Waals surface area (Å²) in [7, 11) is 1.75. The second-order valence-corrected chi connectivity index (χ2v) is 6.23. The van der Waals surface area contributed by atoms with Crippen LogP contribution in [0.3, 0.4) is 0 Å². The van der Waals surface area contributed by atoms with E-state index in [1.54, 1.807) is 54.4 Å². The number of nitrogens with zero attached hydrogens (tertiary/aromatic N) is 1. The molecule has 0 unspecified atom stereocenters. The van der Waals surface area contributed by atoms with E-state index >= 15 is 0 Å². The minimum Gasteiger partial charge on any atom is -0.348 e. The molecule has 0 saturated carbocycles. The van der Waals surface area contributed by atoms with Crippen LogP contribution < -0.4 is 5.32 Å². The Hall–Kier alpha value is -1.73. The van der Waals surface area contributed by atoms with Crippen molar-refractivity contribution in [3.63, 3.8) is 0 Å². The van der Waals surface area contributed by atoms with Crippen molar-refractivity contribution >= 4 is 34.8 Å². The maximum Gasteiger partial charge on any atom is 0.288 e. The lowest BCUT2D eigenvalue weighted by Gasteiger charge is -2.21. The number of anilines is 1. The van der Waals surface area contributed by atoms with Gasteiger partial charge in [0.15, 0.2) is 5.11 Å². The zero-order valence-corrected chi connectivity index (χ0v) is 13.9. The number of nitrogens with one attached hydrogen (secondary N) is 1. The van der Waals surface area contributed by atoms with Gasteiger partial charge in [-0.15, -0.1) is 0 Å². The number of rotatable bonds is 5. The molecule has 23 heavy (non-hydrogen) atoms. The third kappa shape index (κ3) is 5.44. The summed E-state index contributed by atoms with van der Waals surface area (Å²) in [5.41, 5.74) is 1.23. The molecule has 0 spiro atoms. The zero-order chi connectivity index (χ0) is 16.8. The summed E-state index contributed by atoms with van der Waals surface area (Å²) in [4.78, 5) is 2.19. The highest BCUT2D eigenvalue weighted by atomic mass is 32.2. The molecular weight excluding hydrogens is 341 g/mol. The average molecular weight is 356 g/mol. The first kappa shape index (κ1) is 17.6. The Morgan fingerprint density at radius 1 is 1.17 bits per heavy atom. The molecule has 0 aromatic heterocycles. The molecule has 0 bridgehead atoms. The Bertz CT molecular complexity index is 663. The molecule has 0 amide bonds. The first-order valence-electron chi connectivity index (χ1n) is 6.76. The third-order valence-corrected chi connectivity index (χ3v) is 4.18. The van der Waals surface area contributed by atoms with E-state index in [4.69, 9.17) is 12.2 Å². The summed E-state index contributed by atoms with van der Waals surface area (Å²) in [5.74, 6) is -2.72. The number of halogens is 3. The van der Waals surface area contributed by atoms with Crippen LogP contribution in [0.25, 0.3) is 0 Å². The van der Waals surface area contributed by atoms with Crippen LogP contribution in [0.1, 0.15) is 5.56 Å². The first-order chi connectivity index (χ1) is 11.0. The van der Waals surface area contributed by atoms with Crippen LogP contribution >= 0.6 is 24.0 Å². The molecule has 122 valence electrons. The molecule has 0 radical (unpaired) electrons. The molecule has 0 saturated heterocycles. The zero-order valence-electron chi connectivity index (χ0n) is 12.3. The van der Waals surface area contributed by atoms with Gasteiger partial charge in [0, 0.05) is 29.7 Å². The van der Waals surface area contributed by atoms with Gasteiger partial charge in [-0.1, -0.05) is 30.0 Å². The topological polar surface area (TPSA) is 15.3 Å². The van der Waals surface area contributed by atoms with E-state index in [-0.39, 0.29) is 5.82 Å². The molecule has 0 atom stereocenters. The molecule has 0 aliphatic heterocycles. The first-order valence-corrected chi connectivity index (χ1v) is 8.05. The monoisotopic (exact) mass is 356 g/mol. The second-order valence-electron chi connectivity index (χ2n) is 4.78. The molecule has 7 heteroatoms. The molecule has 2 aromatic carbocycles. The average Bonchev–Trinajstić information content (AvgIpc) is 2.51. The van der Waals surface area contributed by atoms with Gasteiger partial charge in [0.05, 0.1) is 0 Å². The summed E-state index contributed by atoms with van der Waals surface area (Å²) >= 11 is 5.76. The van der Waals surface area contributed by atoms with Gasteiger partial charge in [0.2, 0.25) is 0 Å². The Morgan fingerprint density at radius 2 is 1.83 bits per heavy atom. The van der Waals surface area contributed by atoms with Gasteiger partial charge >= 0.3 is 0 Å². The summed E-state index contributed by atoms with van der Waals surface area (Å²) < 4.78 is 38.2. The highest BCUT2D eigenvalue weighted by Gasteiger charge is 2.09. The summed E-state index contributed by atoms with van der Waals surface area (Å²) in [6.07, 6.45) is 0. The maximum absolute atomic E-state index is 13.6. The highest BCUT2D eigenvalue weighted by molar-refractivity contribution is 7.99. The quantitative estimate of drug-likeness (QED) is 0.601. The Balaban J connectivity index is 1.94. The second kappa shape index (κ2) is 8.21. The van der Waals surface area contributed by atoms with E-state index in [0.29, 0.717) is 39.6 Å². The fourth-order valence-electron chi connectivity index (χ4n) is 1.89. The van der Waals surface area contributed by atoms with Crippen molar-refractivity contribution in [3.8, 4) is 0 Å². The summed E-state index contributed by atoms with van der Waals surface area (Å²) in [6, 6.07) is 13.0. The summed E-state index contributed by atoms with van der Waals surface area (Å²) in [6.45, 7) is 0.331. The summed E-state index contributed by atoms with van der Waals surface area (Å²) in [5, 5.41) is 3.42. The number of thioether (sulfide) groups is 1. The Kier molecular flexibility index (Phi) is 6.29. The van der Waals surface area contributed by atoms with Crippen LogP contribution in [-0.4, -0.2) is 22.8 Å². The van der Waals surface area contributed by atoms with Crippen molar-refractivity contribution in [1.82, 2.24) is 4.90 Å². The molecule has 0 heterocycles. The minimum absolute atomic E-state index is 0.282. The normalized spacial score (nSPS) is 10.7. The van der Waals surface area contributed by atoms with Crippen LogP contribution in [0, 0.1) is 5.82 Å². The maximum atomic E-state index is 13.6. The standard InChI is InChI=1S/C16H15F3N2S2/c1-21(10-11-4-2-3-5-14(11)17)16(22)20-12-6-8-13(9-7-12)23-15(18)19/h2-9,15H,10H2,1H3,(H,20,22). The van der Waals surface area contributed by atoms with E-state index < -0.39 is 5.76 Å². The predicted octanol–water partition coefficient (Wildman–Crippen LogP) is 4.97. The number of benzene rings is 2. The fraction of sp³-hybridized carbons (Fsp3) is 0.188. The molecule has 0 aliphatic carbocycles. The van der Waals surface area contributed by atoms with E-state index in [1.807, 2.05) is 0 Å². The van der Waals surface area contributed by atoms with E-state index in [2.05, 4.69) is 5.32 Å². The molecule has 2 rings (SSSR count). The SMILES string of the molecule is CN(Cc1ccccc1F)C(=S)Nc1ccc(SC(F)F)cc1. The van der Waals surface area contributed by atoms with Gasteiger partial charge in [-0.2, -0.15) is 8.78 Å². The Labute approximate surface area is 142 Å². The van der Waals surface area contributed by atoms with Crippen LogP contribution in [0.5, 0.6) is 0 Å². The number of hydrogen-bond acceptors (Lipinski definition) is 2. The smallest absolute Gasteiger partial charge is 0.288 e. The van der Waals surface area contributed by atoms with Crippen LogP contribution in [0.4, 0.5) is 18.9 Å². The van der Waals surface area contributed by atoms with Gasteiger partial charge < -0.3 is 10.2 Å². The molecule has 1 N–H and O–H groups in total. The van der Waals surface area contributed by atoms with E-state index in [9.17, 15) is 13.2 Å². The van der Waals surface area contributed by atoms with Crippen LogP contribution in [-0.2, 0) is 6.54 Å². The Morgan fingerprint density at radius 3 is 2.43 bits per heavy atom. The van der Waals surface area contributed by atoms with Gasteiger partial charge in [-0.05, 0) is 42.5 Å². The molecule has 0 aliphatic rings. The number of thiocarbonyl (C=S) groups is 1. The lowest BCUT2D eigenvalue weighted by molar-refractivity contribution is 0.252. The molecule has 2 nitrogen and oxygen atoms in total. The lowest BCUT2D eigenvalue weighted by atomic mass is 10.2. The van der Waals surface area contributed by atoms with E-state index in [0.717, 1.165) is 0 Å². The minimum atomic E-state index is -2.44. The van der Waals surface area contributed by atoms with Crippen LogP contribution in [0.15, 0.2) is 53.4 Å². The molecule has 2 aromatic rings. The number of hydrogen-bond donors (Lipinski definition) is 1. The lowest BCUT2D eigenvalue weighted by Crippen LogP contribution is -2.30. The van der Waals surface area contributed by atoms with Gasteiger partial charge in [-0.3, -0.25) is 0 Å². The van der Waals surface area contributed by atoms with Crippen molar-refractivity contribution in [3.05, 3.63) is 59.9 Å². The molecule has 0 fully saturated rings. The third-order valence-electron chi connectivity index (χ3n) is 3.04. The largest absolute Gasteiger partial charge is 0.348 e. The number of alkyl halides is 2.